The maximum atomic E-state index is 6.04. The third-order valence-electron chi connectivity index (χ3n) is 3.16. The summed E-state index contributed by atoms with van der Waals surface area (Å²) in [5, 5.41) is 0. The number of ether oxygens (including phenoxy) is 2. The summed E-state index contributed by atoms with van der Waals surface area (Å²) in [6.07, 6.45) is 1.34. The van der Waals surface area contributed by atoms with Crippen LogP contribution in [0.2, 0.25) is 0 Å². The van der Waals surface area contributed by atoms with Gasteiger partial charge in [0.05, 0.1) is 18.3 Å². The minimum atomic E-state index is -0.0780. The monoisotopic (exact) mass is 186 g/mol. The quantitative estimate of drug-likeness (QED) is 0.660. The summed E-state index contributed by atoms with van der Waals surface area (Å²) in [7, 11) is 0. The van der Waals surface area contributed by atoms with Gasteiger partial charge in [0.2, 0.25) is 0 Å². The SMILES string of the molecule is CC(C)(C)C(C)(C)OC1CCOC1. The predicted octanol–water partition coefficient (Wildman–Crippen LogP) is 2.62. The first-order valence-corrected chi connectivity index (χ1v) is 5.08. The smallest absolute Gasteiger partial charge is 0.0837 e. The molecule has 0 aromatic heterocycles. The lowest BCUT2D eigenvalue weighted by atomic mass is 9.79. The van der Waals surface area contributed by atoms with Gasteiger partial charge in [0.15, 0.2) is 0 Å². The van der Waals surface area contributed by atoms with Gasteiger partial charge in [-0.25, -0.2) is 0 Å². The molecular formula is C11H22O2. The Morgan fingerprint density at radius 3 is 2.15 bits per heavy atom. The molecule has 1 atom stereocenters. The van der Waals surface area contributed by atoms with Crippen LogP contribution in [0.1, 0.15) is 41.0 Å². The second-order valence-electron chi connectivity index (χ2n) is 5.36. The summed E-state index contributed by atoms with van der Waals surface area (Å²) in [5.74, 6) is 0. The lowest BCUT2D eigenvalue weighted by Gasteiger charge is -2.40. The van der Waals surface area contributed by atoms with E-state index in [1.54, 1.807) is 0 Å². The van der Waals surface area contributed by atoms with Gasteiger partial charge in [0.1, 0.15) is 0 Å². The van der Waals surface area contributed by atoms with Gasteiger partial charge in [-0.15, -0.1) is 0 Å². The van der Waals surface area contributed by atoms with Gasteiger partial charge in [0, 0.05) is 6.61 Å². The summed E-state index contributed by atoms with van der Waals surface area (Å²) < 4.78 is 11.3. The van der Waals surface area contributed by atoms with E-state index < -0.39 is 0 Å². The van der Waals surface area contributed by atoms with E-state index in [1.165, 1.54) is 0 Å². The molecule has 78 valence electrons. The van der Waals surface area contributed by atoms with E-state index in [0.717, 1.165) is 19.6 Å². The van der Waals surface area contributed by atoms with E-state index in [0.29, 0.717) is 6.10 Å². The maximum Gasteiger partial charge on any atom is 0.0837 e. The van der Waals surface area contributed by atoms with E-state index in [9.17, 15) is 0 Å². The van der Waals surface area contributed by atoms with E-state index in [4.69, 9.17) is 9.47 Å². The molecule has 0 amide bonds. The maximum absolute atomic E-state index is 6.04. The lowest BCUT2D eigenvalue weighted by molar-refractivity contribution is -0.129. The van der Waals surface area contributed by atoms with Crippen LogP contribution in [-0.4, -0.2) is 24.9 Å². The predicted molar refractivity (Wildman–Crippen MR) is 53.8 cm³/mol. The fourth-order valence-electron chi connectivity index (χ4n) is 1.20. The highest BCUT2D eigenvalue weighted by atomic mass is 16.6. The van der Waals surface area contributed by atoms with Crippen LogP contribution in [0.5, 0.6) is 0 Å². The average Bonchev–Trinajstić information content (AvgIpc) is 2.35. The van der Waals surface area contributed by atoms with Crippen molar-refractivity contribution in [3.8, 4) is 0 Å². The Morgan fingerprint density at radius 2 is 1.77 bits per heavy atom. The summed E-state index contributed by atoms with van der Waals surface area (Å²) in [6.45, 7) is 12.6. The minimum absolute atomic E-state index is 0.0780. The standard InChI is InChI=1S/C11H22O2/c1-10(2,3)11(4,5)13-9-6-7-12-8-9/h9H,6-8H2,1-5H3. The topological polar surface area (TPSA) is 18.5 Å². The Morgan fingerprint density at radius 1 is 1.15 bits per heavy atom. The van der Waals surface area contributed by atoms with E-state index in [2.05, 4.69) is 34.6 Å². The van der Waals surface area contributed by atoms with Crippen LogP contribution in [0.15, 0.2) is 0 Å². The molecule has 0 aromatic carbocycles. The van der Waals surface area contributed by atoms with Gasteiger partial charge >= 0.3 is 0 Å². The van der Waals surface area contributed by atoms with Crippen molar-refractivity contribution in [1.29, 1.82) is 0 Å². The average molecular weight is 186 g/mol. The first-order valence-electron chi connectivity index (χ1n) is 5.08. The molecule has 0 bridgehead atoms. The van der Waals surface area contributed by atoms with E-state index in [1.807, 2.05) is 0 Å². The van der Waals surface area contributed by atoms with Crippen LogP contribution >= 0.6 is 0 Å². The third kappa shape index (κ3) is 2.68. The zero-order chi connectivity index (χ0) is 10.1. The molecule has 1 aliphatic heterocycles. The first-order chi connectivity index (χ1) is 5.83. The van der Waals surface area contributed by atoms with Crippen molar-refractivity contribution >= 4 is 0 Å². The zero-order valence-corrected chi connectivity index (χ0v) is 9.52. The van der Waals surface area contributed by atoms with Crippen LogP contribution < -0.4 is 0 Å². The van der Waals surface area contributed by atoms with Crippen molar-refractivity contribution in [1.82, 2.24) is 0 Å². The molecule has 13 heavy (non-hydrogen) atoms. The molecule has 0 radical (unpaired) electrons. The summed E-state index contributed by atoms with van der Waals surface area (Å²) in [4.78, 5) is 0. The molecule has 1 heterocycles. The first kappa shape index (κ1) is 11.0. The van der Waals surface area contributed by atoms with Crippen molar-refractivity contribution in [3.05, 3.63) is 0 Å². The van der Waals surface area contributed by atoms with E-state index in [-0.39, 0.29) is 11.0 Å². The summed E-state index contributed by atoms with van der Waals surface area (Å²) in [6, 6.07) is 0. The molecule has 0 aromatic rings. The summed E-state index contributed by atoms with van der Waals surface area (Å²) >= 11 is 0. The van der Waals surface area contributed by atoms with Crippen LogP contribution in [0.25, 0.3) is 0 Å². The van der Waals surface area contributed by atoms with Gasteiger partial charge < -0.3 is 9.47 Å². The summed E-state index contributed by atoms with van der Waals surface area (Å²) in [5.41, 5.74) is 0.0982. The van der Waals surface area contributed by atoms with E-state index >= 15 is 0 Å². The molecule has 1 unspecified atom stereocenters. The highest BCUT2D eigenvalue weighted by Crippen LogP contribution is 2.34. The molecular weight excluding hydrogens is 164 g/mol. The minimum Gasteiger partial charge on any atom is -0.379 e. The van der Waals surface area contributed by atoms with Crippen LogP contribution in [0, 0.1) is 5.41 Å². The number of hydrogen-bond donors (Lipinski definition) is 0. The lowest BCUT2D eigenvalue weighted by Crippen LogP contribution is -2.42. The molecule has 2 heteroatoms. The Hall–Kier alpha value is -0.0800. The molecule has 1 rings (SSSR count). The van der Waals surface area contributed by atoms with Crippen LogP contribution in [0.3, 0.4) is 0 Å². The van der Waals surface area contributed by atoms with Crippen molar-refractivity contribution in [2.75, 3.05) is 13.2 Å². The molecule has 1 saturated heterocycles. The molecule has 1 fully saturated rings. The third-order valence-corrected chi connectivity index (χ3v) is 3.16. The molecule has 0 saturated carbocycles. The normalized spacial score (nSPS) is 25.2. The van der Waals surface area contributed by atoms with Gasteiger partial charge in [0.25, 0.3) is 0 Å². The van der Waals surface area contributed by atoms with Crippen LogP contribution in [-0.2, 0) is 9.47 Å². The Bertz CT molecular complexity index is 161. The van der Waals surface area contributed by atoms with Crippen molar-refractivity contribution in [2.45, 2.75) is 52.7 Å². The van der Waals surface area contributed by atoms with Crippen molar-refractivity contribution in [3.63, 3.8) is 0 Å². The molecule has 0 spiro atoms. The Kier molecular flexibility index (Phi) is 3.03. The molecule has 2 nitrogen and oxygen atoms in total. The Labute approximate surface area is 81.6 Å². The van der Waals surface area contributed by atoms with Crippen LogP contribution in [0.4, 0.5) is 0 Å². The Balaban J connectivity index is 2.50. The van der Waals surface area contributed by atoms with Crippen molar-refractivity contribution < 1.29 is 9.47 Å². The largest absolute Gasteiger partial charge is 0.379 e. The molecule has 1 aliphatic rings. The second kappa shape index (κ2) is 3.58. The zero-order valence-electron chi connectivity index (χ0n) is 9.52. The van der Waals surface area contributed by atoms with Gasteiger partial charge in [-0.3, -0.25) is 0 Å². The fourth-order valence-corrected chi connectivity index (χ4v) is 1.20. The number of hydrogen-bond acceptors (Lipinski definition) is 2. The highest BCUT2D eigenvalue weighted by molar-refractivity contribution is 4.85. The second-order valence-corrected chi connectivity index (χ2v) is 5.36. The highest BCUT2D eigenvalue weighted by Gasteiger charge is 2.36. The van der Waals surface area contributed by atoms with Gasteiger partial charge in [-0.1, -0.05) is 20.8 Å². The van der Waals surface area contributed by atoms with Crippen molar-refractivity contribution in [2.24, 2.45) is 5.41 Å². The molecule has 0 aliphatic carbocycles. The van der Waals surface area contributed by atoms with Gasteiger partial charge in [-0.05, 0) is 25.7 Å². The molecule has 0 N–H and O–H groups in total. The number of rotatable bonds is 2. The fraction of sp³-hybridized carbons (Fsp3) is 1.00. The van der Waals surface area contributed by atoms with Gasteiger partial charge in [-0.2, -0.15) is 0 Å².